The molecule has 0 bridgehead atoms. The third-order valence-corrected chi connectivity index (χ3v) is 5.47. The van der Waals surface area contributed by atoms with Crippen LogP contribution in [0.25, 0.3) is 0 Å². The molecule has 1 nitrogen and oxygen atoms in total. The first-order valence-corrected chi connectivity index (χ1v) is 7.71. The van der Waals surface area contributed by atoms with Gasteiger partial charge in [0.25, 0.3) is 0 Å². The van der Waals surface area contributed by atoms with Gasteiger partial charge in [-0.2, -0.15) is 23.5 Å². The van der Waals surface area contributed by atoms with Crippen LogP contribution in [0, 0.1) is 0 Å². The van der Waals surface area contributed by atoms with Crippen molar-refractivity contribution in [3.05, 3.63) is 0 Å². The van der Waals surface area contributed by atoms with E-state index in [1.54, 1.807) is 0 Å². The molecule has 0 amide bonds. The summed E-state index contributed by atoms with van der Waals surface area (Å²) in [4.78, 5) is 0. The molecule has 13 heavy (non-hydrogen) atoms. The number of thioether (sulfide) groups is 2. The molecule has 2 fully saturated rings. The van der Waals surface area contributed by atoms with Crippen molar-refractivity contribution in [3.63, 3.8) is 0 Å². The normalized spacial score (nSPS) is 39.9. The third-order valence-electron chi connectivity index (χ3n) is 3.13. The van der Waals surface area contributed by atoms with Crippen LogP contribution in [0.15, 0.2) is 0 Å². The summed E-state index contributed by atoms with van der Waals surface area (Å²) in [5.41, 5.74) is 0. The van der Waals surface area contributed by atoms with Gasteiger partial charge in [0.15, 0.2) is 0 Å². The second kappa shape index (κ2) is 4.94. The topological polar surface area (TPSA) is 12.0 Å². The molecule has 0 spiro atoms. The first-order valence-electron chi connectivity index (χ1n) is 5.26. The van der Waals surface area contributed by atoms with E-state index in [-0.39, 0.29) is 0 Å². The van der Waals surface area contributed by atoms with Crippen LogP contribution in [0.3, 0.4) is 0 Å². The molecule has 76 valence electrons. The molecule has 3 atom stereocenters. The minimum absolute atomic E-state index is 0.818. The zero-order chi connectivity index (χ0) is 9.10. The maximum atomic E-state index is 3.84. The zero-order valence-electron chi connectivity index (χ0n) is 8.29. The van der Waals surface area contributed by atoms with E-state index >= 15 is 0 Å². The van der Waals surface area contributed by atoms with Gasteiger partial charge in [-0.3, -0.25) is 0 Å². The van der Waals surface area contributed by atoms with Crippen LogP contribution in [-0.2, 0) is 0 Å². The molecule has 0 aromatic rings. The lowest BCUT2D eigenvalue weighted by Gasteiger charge is -2.23. The molecular formula is C10H19NS2. The fourth-order valence-electron chi connectivity index (χ4n) is 2.37. The molecule has 0 aromatic heterocycles. The smallest absolute Gasteiger partial charge is 0.0198 e. The Balaban J connectivity index is 1.79. The summed E-state index contributed by atoms with van der Waals surface area (Å²) in [6, 6.07) is 1.64. The van der Waals surface area contributed by atoms with E-state index in [0.29, 0.717) is 0 Å². The Morgan fingerprint density at radius 2 is 2.23 bits per heavy atom. The first-order chi connectivity index (χ1) is 6.40. The monoisotopic (exact) mass is 217 g/mol. The number of rotatable bonds is 3. The Morgan fingerprint density at radius 1 is 1.31 bits per heavy atom. The van der Waals surface area contributed by atoms with Gasteiger partial charge in [-0.25, -0.2) is 0 Å². The predicted molar refractivity (Wildman–Crippen MR) is 63.8 cm³/mol. The fraction of sp³-hybridized carbons (Fsp3) is 1.00. The van der Waals surface area contributed by atoms with E-state index in [1.807, 2.05) is 0 Å². The van der Waals surface area contributed by atoms with Crippen LogP contribution in [0.2, 0.25) is 0 Å². The van der Waals surface area contributed by atoms with Gasteiger partial charge in [0, 0.05) is 23.1 Å². The Morgan fingerprint density at radius 3 is 2.92 bits per heavy atom. The highest BCUT2D eigenvalue weighted by molar-refractivity contribution is 7.99. The highest BCUT2D eigenvalue weighted by Gasteiger charge is 2.29. The van der Waals surface area contributed by atoms with Crippen LogP contribution in [0.1, 0.15) is 25.7 Å². The Kier molecular flexibility index (Phi) is 3.87. The Labute approximate surface area is 89.8 Å². The van der Waals surface area contributed by atoms with Crippen LogP contribution < -0.4 is 5.32 Å². The molecule has 1 aliphatic carbocycles. The maximum absolute atomic E-state index is 3.84. The van der Waals surface area contributed by atoms with Crippen molar-refractivity contribution in [1.82, 2.24) is 5.32 Å². The average molecular weight is 217 g/mol. The largest absolute Gasteiger partial charge is 0.309 e. The summed E-state index contributed by atoms with van der Waals surface area (Å²) >= 11 is 4.16. The Bertz CT molecular complexity index is 157. The minimum Gasteiger partial charge on any atom is -0.309 e. The maximum Gasteiger partial charge on any atom is 0.0198 e. The second-order valence-corrected chi connectivity index (χ2v) is 6.27. The minimum atomic E-state index is 0.818. The van der Waals surface area contributed by atoms with Crippen molar-refractivity contribution in [1.29, 1.82) is 0 Å². The summed E-state index contributed by atoms with van der Waals surface area (Å²) < 4.78 is 0. The van der Waals surface area contributed by atoms with Crippen molar-refractivity contribution in [2.45, 2.75) is 43.0 Å². The quantitative estimate of drug-likeness (QED) is 0.779. The standard InChI is InChI=1S/C10H19NS2/c1-12-10-4-2-3-9(10)11-8-5-6-13-7-8/h8-11H,2-7H2,1H3. The number of nitrogens with one attached hydrogen (secondary N) is 1. The van der Waals surface area contributed by atoms with Gasteiger partial charge in [0.1, 0.15) is 0 Å². The summed E-state index contributed by atoms with van der Waals surface area (Å²) in [5, 5.41) is 4.73. The molecule has 2 rings (SSSR count). The van der Waals surface area contributed by atoms with E-state index in [9.17, 15) is 0 Å². The molecule has 1 N–H and O–H groups in total. The highest BCUT2D eigenvalue weighted by Crippen LogP contribution is 2.30. The van der Waals surface area contributed by atoms with Crippen LogP contribution >= 0.6 is 23.5 Å². The van der Waals surface area contributed by atoms with Crippen LogP contribution in [0.4, 0.5) is 0 Å². The highest BCUT2D eigenvalue weighted by atomic mass is 32.2. The molecule has 3 heteroatoms. The first kappa shape index (κ1) is 10.2. The molecule has 1 heterocycles. The summed E-state index contributed by atoms with van der Waals surface area (Å²) in [6.07, 6.45) is 7.92. The van der Waals surface area contributed by atoms with E-state index in [1.165, 1.54) is 37.2 Å². The van der Waals surface area contributed by atoms with Crippen molar-refractivity contribution < 1.29 is 0 Å². The molecule has 0 aromatic carbocycles. The molecule has 1 saturated carbocycles. The number of hydrogen-bond acceptors (Lipinski definition) is 3. The van der Waals surface area contributed by atoms with Gasteiger partial charge in [0.05, 0.1) is 0 Å². The van der Waals surface area contributed by atoms with Crippen LogP contribution in [-0.4, -0.2) is 35.1 Å². The van der Waals surface area contributed by atoms with Crippen LogP contribution in [0.5, 0.6) is 0 Å². The fourth-order valence-corrected chi connectivity index (χ4v) is 4.48. The van der Waals surface area contributed by atoms with Gasteiger partial charge in [-0.05, 0) is 31.3 Å². The molecular weight excluding hydrogens is 198 g/mol. The summed E-state index contributed by atoms with van der Waals surface area (Å²) in [6.45, 7) is 0. The van der Waals surface area contributed by atoms with Crippen molar-refractivity contribution in [2.24, 2.45) is 0 Å². The van der Waals surface area contributed by atoms with Crippen molar-refractivity contribution in [2.75, 3.05) is 17.8 Å². The van der Waals surface area contributed by atoms with E-state index < -0.39 is 0 Å². The average Bonchev–Trinajstić information content (AvgIpc) is 2.76. The molecule has 2 aliphatic rings. The third kappa shape index (κ3) is 2.57. The molecule has 3 unspecified atom stereocenters. The lowest BCUT2D eigenvalue weighted by Crippen LogP contribution is -2.41. The summed E-state index contributed by atoms with van der Waals surface area (Å²) in [7, 11) is 0. The zero-order valence-corrected chi connectivity index (χ0v) is 9.92. The van der Waals surface area contributed by atoms with E-state index in [4.69, 9.17) is 0 Å². The molecule has 1 saturated heterocycles. The lowest BCUT2D eigenvalue weighted by molar-refractivity contribution is 0.461. The predicted octanol–water partition coefficient (Wildman–Crippen LogP) is 2.37. The molecule has 0 radical (unpaired) electrons. The van der Waals surface area contributed by atoms with E-state index in [0.717, 1.165) is 17.3 Å². The van der Waals surface area contributed by atoms with Gasteiger partial charge >= 0.3 is 0 Å². The van der Waals surface area contributed by atoms with Gasteiger partial charge in [0.2, 0.25) is 0 Å². The van der Waals surface area contributed by atoms with E-state index in [2.05, 4.69) is 35.1 Å². The Hall–Kier alpha value is 0.660. The SMILES string of the molecule is CSC1CCCC1NC1CCSC1. The van der Waals surface area contributed by atoms with Gasteiger partial charge in [-0.15, -0.1) is 0 Å². The second-order valence-electron chi connectivity index (χ2n) is 4.04. The van der Waals surface area contributed by atoms with Crippen molar-refractivity contribution >= 4 is 23.5 Å². The summed E-state index contributed by atoms with van der Waals surface area (Å²) in [5.74, 6) is 2.71. The van der Waals surface area contributed by atoms with Gasteiger partial charge < -0.3 is 5.32 Å². The lowest BCUT2D eigenvalue weighted by atomic mass is 10.2. The van der Waals surface area contributed by atoms with Crippen molar-refractivity contribution in [3.8, 4) is 0 Å². The molecule has 1 aliphatic heterocycles. The number of hydrogen-bond donors (Lipinski definition) is 1. The van der Waals surface area contributed by atoms with Gasteiger partial charge in [-0.1, -0.05) is 6.42 Å².